The van der Waals surface area contributed by atoms with Gasteiger partial charge in [-0.2, -0.15) is 22.0 Å². The molecule has 0 unspecified atom stereocenters. The van der Waals surface area contributed by atoms with E-state index in [-0.39, 0.29) is 0 Å². The molecule has 0 spiro atoms. The first kappa shape index (κ1) is 15.5. The number of rotatable bonds is 1. The van der Waals surface area contributed by atoms with Gasteiger partial charge in [0, 0.05) is 5.46 Å². The minimum Gasteiger partial charge on any atom is -0.517 e. The van der Waals surface area contributed by atoms with Crippen LogP contribution in [0.5, 0.6) is 11.5 Å². The topological polar surface area (TPSA) is 18.5 Å². The monoisotopic (exact) mass is 336 g/mol. The lowest BCUT2D eigenvalue weighted by molar-refractivity contribution is -0.136. The Labute approximate surface area is 124 Å². The van der Waals surface area contributed by atoms with Crippen molar-refractivity contribution in [3.63, 3.8) is 0 Å². The van der Waals surface area contributed by atoms with Crippen LogP contribution in [0.4, 0.5) is 30.7 Å². The third-order valence-electron chi connectivity index (χ3n) is 3.15. The van der Waals surface area contributed by atoms with E-state index >= 15 is 0 Å². The Morgan fingerprint density at radius 3 is 1.70 bits per heavy atom. The highest BCUT2D eigenvalue weighted by Crippen LogP contribution is 2.41. The van der Waals surface area contributed by atoms with Gasteiger partial charge < -0.3 is 9.31 Å². The fourth-order valence-electron chi connectivity index (χ4n) is 2.13. The highest BCUT2D eigenvalue weighted by atomic mass is 19.4. The molecule has 10 heteroatoms. The van der Waals surface area contributed by atoms with Gasteiger partial charge in [0.05, 0.1) is 5.56 Å². The molecule has 1 aliphatic heterocycles. The Bertz CT molecular complexity index is 754. The largest absolute Gasteiger partial charge is 0.633 e. The summed E-state index contributed by atoms with van der Waals surface area (Å²) in [6.45, 7) is 0. The number of halogens is 7. The van der Waals surface area contributed by atoms with Crippen LogP contribution in [0.25, 0.3) is 0 Å². The van der Waals surface area contributed by atoms with E-state index in [1.165, 1.54) is 6.07 Å². The molecule has 1 aliphatic rings. The number of alkyl halides is 3. The first-order chi connectivity index (χ1) is 10.7. The van der Waals surface area contributed by atoms with Crippen molar-refractivity contribution in [1.29, 1.82) is 0 Å². The van der Waals surface area contributed by atoms with Gasteiger partial charge in [0.2, 0.25) is 23.3 Å². The van der Waals surface area contributed by atoms with Crippen LogP contribution in [0.1, 0.15) is 5.56 Å². The predicted octanol–water partition coefficient (Wildman–Crippen LogP) is 3.43. The first-order valence-corrected chi connectivity index (χ1v) is 6.07. The second-order valence-electron chi connectivity index (χ2n) is 4.57. The molecule has 23 heavy (non-hydrogen) atoms. The van der Waals surface area contributed by atoms with Crippen LogP contribution in [-0.2, 0) is 6.18 Å². The average molecular weight is 336 g/mol. The Hall–Kier alpha value is -2.39. The minimum atomic E-state index is -4.79. The van der Waals surface area contributed by atoms with Crippen molar-refractivity contribution in [3.8, 4) is 11.5 Å². The molecule has 3 rings (SSSR count). The van der Waals surface area contributed by atoms with Gasteiger partial charge in [-0.05, 0) is 0 Å². The van der Waals surface area contributed by atoms with E-state index in [1.54, 1.807) is 0 Å². The van der Waals surface area contributed by atoms with E-state index in [0.717, 1.165) is 12.1 Å². The third-order valence-corrected chi connectivity index (χ3v) is 3.15. The van der Waals surface area contributed by atoms with Crippen molar-refractivity contribution >= 4 is 12.6 Å². The lowest BCUT2D eigenvalue weighted by Gasteiger charge is -2.13. The highest BCUT2D eigenvalue weighted by molar-refractivity contribution is 6.64. The van der Waals surface area contributed by atoms with Crippen LogP contribution in [0.3, 0.4) is 0 Å². The van der Waals surface area contributed by atoms with E-state index in [9.17, 15) is 30.7 Å². The van der Waals surface area contributed by atoms with E-state index in [1.807, 2.05) is 0 Å². The average Bonchev–Trinajstić information content (AvgIpc) is 2.95. The van der Waals surface area contributed by atoms with Crippen LogP contribution in [-0.4, -0.2) is 7.12 Å². The lowest BCUT2D eigenvalue weighted by Crippen LogP contribution is -2.43. The molecule has 2 aromatic rings. The number of hydrogen-bond donors (Lipinski definition) is 0. The van der Waals surface area contributed by atoms with Gasteiger partial charge in [-0.15, -0.1) is 0 Å². The van der Waals surface area contributed by atoms with Crippen molar-refractivity contribution in [2.75, 3.05) is 0 Å². The second-order valence-corrected chi connectivity index (χ2v) is 4.57. The van der Waals surface area contributed by atoms with Crippen molar-refractivity contribution in [2.24, 2.45) is 0 Å². The summed E-state index contributed by atoms with van der Waals surface area (Å²) in [6.07, 6.45) is -4.79. The molecule has 0 atom stereocenters. The molecule has 120 valence electrons. The van der Waals surface area contributed by atoms with Gasteiger partial charge in [-0.1, -0.05) is 24.3 Å². The Kier molecular flexibility index (Phi) is 3.42. The number of fused-ring (bicyclic) bond motifs is 1. The van der Waals surface area contributed by atoms with Gasteiger partial charge in [-0.3, -0.25) is 0 Å². The Morgan fingerprint density at radius 1 is 0.739 bits per heavy atom. The van der Waals surface area contributed by atoms with E-state index < -0.39 is 59.1 Å². The van der Waals surface area contributed by atoms with Crippen molar-refractivity contribution in [2.45, 2.75) is 6.18 Å². The maximum Gasteiger partial charge on any atom is 0.633 e. The lowest BCUT2D eigenvalue weighted by atomic mass is 9.76. The predicted molar refractivity (Wildman–Crippen MR) is 64.4 cm³/mol. The maximum absolute atomic E-state index is 13.6. The quantitative estimate of drug-likeness (QED) is 0.344. The SMILES string of the molecule is Fc1c(F)c(F)c2c(c1F)OB(c1ccccc1C(F)(F)F)O2. The van der Waals surface area contributed by atoms with Gasteiger partial charge in [0.25, 0.3) is 0 Å². The minimum absolute atomic E-state index is 0.587. The molecule has 0 saturated heterocycles. The summed E-state index contributed by atoms with van der Waals surface area (Å²) in [4.78, 5) is 0. The fourth-order valence-corrected chi connectivity index (χ4v) is 2.13. The first-order valence-electron chi connectivity index (χ1n) is 6.07. The van der Waals surface area contributed by atoms with Crippen LogP contribution in [0.2, 0.25) is 0 Å². The summed E-state index contributed by atoms with van der Waals surface area (Å²) < 4.78 is 102. The summed E-state index contributed by atoms with van der Waals surface area (Å²) in [5, 5.41) is 0. The van der Waals surface area contributed by atoms with Crippen LogP contribution in [0.15, 0.2) is 24.3 Å². The molecule has 2 aromatic carbocycles. The maximum atomic E-state index is 13.6. The molecule has 1 heterocycles. The number of benzene rings is 2. The molecule has 0 N–H and O–H groups in total. The van der Waals surface area contributed by atoms with Gasteiger partial charge in [0.1, 0.15) is 0 Å². The fraction of sp³-hybridized carbons (Fsp3) is 0.0769. The van der Waals surface area contributed by atoms with Crippen LogP contribution in [0, 0.1) is 23.3 Å². The molecule has 0 saturated carbocycles. The summed E-state index contributed by atoms with van der Waals surface area (Å²) >= 11 is 0. The molecule has 0 bridgehead atoms. The van der Waals surface area contributed by atoms with Crippen molar-refractivity contribution in [3.05, 3.63) is 53.1 Å². The normalized spacial score (nSPS) is 13.6. The summed E-state index contributed by atoms with van der Waals surface area (Å²) in [5.74, 6) is -10.3. The molecular formula is C13H4BF7O2. The van der Waals surface area contributed by atoms with E-state index in [2.05, 4.69) is 0 Å². The Balaban J connectivity index is 2.08. The Morgan fingerprint density at radius 2 is 1.22 bits per heavy atom. The molecule has 2 nitrogen and oxygen atoms in total. The van der Waals surface area contributed by atoms with Crippen LogP contribution < -0.4 is 14.8 Å². The molecular weight excluding hydrogens is 332 g/mol. The van der Waals surface area contributed by atoms with Gasteiger partial charge in [0.15, 0.2) is 11.5 Å². The highest BCUT2D eigenvalue weighted by Gasteiger charge is 2.46. The number of hydrogen-bond acceptors (Lipinski definition) is 2. The zero-order valence-corrected chi connectivity index (χ0v) is 10.8. The van der Waals surface area contributed by atoms with E-state index in [0.29, 0.717) is 6.07 Å². The third kappa shape index (κ3) is 2.38. The standard InChI is InChI=1S/C13H4BF7O2/c15-7-8(16)10(18)12-11(9(7)17)22-14(23-12)6-4-2-1-3-5(6)13(19,20)21/h1-4H. The summed E-state index contributed by atoms with van der Waals surface area (Å²) in [5.41, 5.74) is -1.75. The zero-order valence-electron chi connectivity index (χ0n) is 10.8. The smallest absolute Gasteiger partial charge is 0.517 e. The van der Waals surface area contributed by atoms with Gasteiger partial charge >= 0.3 is 13.3 Å². The summed E-state index contributed by atoms with van der Waals surface area (Å²) in [6, 6.07) is 3.98. The zero-order chi connectivity index (χ0) is 16.9. The van der Waals surface area contributed by atoms with Gasteiger partial charge in [-0.25, -0.2) is 8.78 Å². The molecule has 0 aliphatic carbocycles. The second kappa shape index (κ2) is 5.07. The van der Waals surface area contributed by atoms with Crippen LogP contribution >= 0.6 is 0 Å². The van der Waals surface area contributed by atoms with E-state index in [4.69, 9.17) is 9.31 Å². The molecule has 0 amide bonds. The van der Waals surface area contributed by atoms with Crippen molar-refractivity contribution < 1.29 is 40.0 Å². The van der Waals surface area contributed by atoms with Crippen molar-refractivity contribution in [1.82, 2.24) is 0 Å². The summed E-state index contributed by atoms with van der Waals surface area (Å²) in [7, 11) is -1.90. The molecule has 0 fully saturated rings. The molecule has 0 radical (unpaired) electrons. The molecule has 0 aromatic heterocycles.